The largest absolute Gasteiger partial charge is 0.494 e. The zero-order valence-electron chi connectivity index (χ0n) is 23.7. The molecule has 1 amide bonds. The summed E-state index contributed by atoms with van der Waals surface area (Å²) in [4.78, 5) is 27.7. The number of amides is 1. The lowest BCUT2D eigenvalue weighted by atomic mass is 9.79. The average Bonchev–Trinajstić information content (AvgIpc) is 3.15. The van der Waals surface area contributed by atoms with Crippen LogP contribution in [0.1, 0.15) is 52.7 Å². The van der Waals surface area contributed by atoms with Gasteiger partial charge in [-0.1, -0.05) is 39.0 Å². The molecule has 0 spiro atoms. The van der Waals surface area contributed by atoms with Gasteiger partial charge < -0.3 is 25.5 Å². The summed E-state index contributed by atoms with van der Waals surface area (Å²) in [5.41, 5.74) is 7.85. The van der Waals surface area contributed by atoms with Crippen LogP contribution in [-0.2, 0) is 29.0 Å². The number of para-hydroxylation sites is 1. The number of carboxylic acid groups (broad SMARTS) is 1. The van der Waals surface area contributed by atoms with E-state index >= 15 is 0 Å². The van der Waals surface area contributed by atoms with Crippen LogP contribution in [0.4, 0.5) is 5.69 Å². The van der Waals surface area contributed by atoms with Gasteiger partial charge in [0.05, 0.1) is 30.1 Å². The second-order valence-corrected chi connectivity index (χ2v) is 12.9. The van der Waals surface area contributed by atoms with Crippen LogP contribution in [0.3, 0.4) is 0 Å². The van der Waals surface area contributed by atoms with Crippen LogP contribution in [0, 0.1) is 0 Å². The number of primary amides is 1. The molecule has 0 atom stereocenters. The number of carbonyl (C=O) groups excluding carboxylic acids is 1. The van der Waals surface area contributed by atoms with Crippen molar-refractivity contribution >= 4 is 38.5 Å². The Morgan fingerprint density at radius 2 is 1.82 bits per heavy atom. The third-order valence-electron chi connectivity index (χ3n) is 7.20. The number of nitrogens with two attached hydrogens (primary N) is 1. The molecule has 1 aliphatic heterocycles. The predicted molar refractivity (Wildman–Crippen MR) is 156 cm³/mol. The molecular weight excluding hydrogens is 534 g/mol. The van der Waals surface area contributed by atoms with Crippen molar-refractivity contribution in [2.75, 3.05) is 44.3 Å². The van der Waals surface area contributed by atoms with Crippen LogP contribution in [0.25, 0.3) is 22.0 Å². The lowest BCUT2D eigenvalue weighted by Crippen LogP contribution is -2.42. The van der Waals surface area contributed by atoms with Gasteiger partial charge in [-0.05, 0) is 22.6 Å². The number of aromatic carboxylic acids is 1. The van der Waals surface area contributed by atoms with E-state index in [1.165, 1.54) is 7.11 Å². The Hall–Kier alpha value is -3.61. The minimum Gasteiger partial charge on any atom is -0.494 e. The average molecular weight is 572 g/mol. The highest BCUT2D eigenvalue weighted by molar-refractivity contribution is 7.92. The lowest BCUT2D eigenvalue weighted by molar-refractivity contribution is 0.0687. The first-order valence-corrected chi connectivity index (χ1v) is 14.8. The number of sulfonamides is 1. The molecule has 1 saturated heterocycles. The standard InChI is InChI=1S/C28H37N5O6S/c1-28(2,3)19-14-18(26(29)34)25(39-5)22(31-40(6,37)38)21(19)20-17-9-7-8-16(15-33-12-10-30-11-13-33)23(17)32(4)24(20)27(35)36/h7-9,14,30-31H,10-13,15H2,1-6H3,(H2,29,34)(H,35,36). The van der Waals surface area contributed by atoms with E-state index in [1.807, 2.05) is 39.0 Å². The summed E-state index contributed by atoms with van der Waals surface area (Å²) in [5, 5.41) is 14.5. The molecule has 12 heteroatoms. The first-order valence-electron chi connectivity index (χ1n) is 13.0. The van der Waals surface area contributed by atoms with Crippen molar-refractivity contribution in [2.24, 2.45) is 12.8 Å². The number of carbonyl (C=O) groups is 2. The first kappa shape index (κ1) is 29.4. The van der Waals surface area contributed by atoms with Crippen molar-refractivity contribution < 1.29 is 27.9 Å². The van der Waals surface area contributed by atoms with Gasteiger partial charge in [0, 0.05) is 56.3 Å². The molecule has 4 rings (SSSR count). The fraction of sp³-hybridized carbons (Fsp3) is 0.429. The molecular formula is C28H37N5O6S. The number of aryl methyl sites for hydroxylation is 1. The molecule has 1 aliphatic rings. The van der Waals surface area contributed by atoms with Gasteiger partial charge in [0.1, 0.15) is 5.69 Å². The van der Waals surface area contributed by atoms with Crippen LogP contribution in [-0.4, -0.2) is 74.4 Å². The Balaban J connectivity index is 2.19. The number of fused-ring (bicyclic) bond motifs is 1. The highest BCUT2D eigenvalue weighted by Crippen LogP contribution is 2.49. The van der Waals surface area contributed by atoms with Gasteiger partial charge in [-0.3, -0.25) is 14.4 Å². The molecule has 0 radical (unpaired) electrons. The molecule has 40 heavy (non-hydrogen) atoms. The summed E-state index contributed by atoms with van der Waals surface area (Å²) in [6.07, 6.45) is 0.983. The van der Waals surface area contributed by atoms with E-state index in [-0.39, 0.29) is 22.7 Å². The van der Waals surface area contributed by atoms with E-state index in [0.29, 0.717) is 28.6 Å². The van der Waals surface area contributed by atoms with Gasteiger partial charge in [-0.25, -0.2) is 13.2 Å². The first-order chi connectivity index (χ1) is 18.7. The number of methoxy groups -OCH3 is 1. The van der Waals surface area contributed by atoms with Crippen molar-refractivity contribution in [1.82, 2.24) is 14.8 Å². The second kappa shape index (κ2) is 10.8. The second-order valence-electron chi connectivity index (χ2n) is 11.2. The zero-order chi connectivity index (χ0) is 29.6. The maximum Gasteiger partial charge on any atom is 0.353 e. The van der Waals surface area contributed by atoms with Crippen LogP contribution >= 0.6 is 0 Å². The Labute approximate surface area is 234 Å². The summed E-state index contributed by atoms with van der Waals surface area (Å²) < 4.78 is 35.0. The highest BCUT2D eigenvalue weighted by Gasteiger charge is 2.34. The number of nitrogens with zero attached hydrogens (tertiary/aromatic N) is 2. The number of aromatic nitrogens is 1. The zero-order valence-corrected chi connectivity index (χ0v) is 24.5. The number of carboxylic acids is 1. The Bertz CT molecular complexity index is 1600. The van der Waals surface area contributed by atoms with E-state index in [1.54, 1.807) is 17.7 Å². The van der Waals surface area contributed by atoms with E-state index in [2.05, 4.69) is 14.9 Å². The molecule has 3 aromatic rings. The third-order valence-corrected chi connectivity index (χ3v) is 7.77. The highest BCUT2D eigenvalue weighted by atomic mass is 32.2. The molecule has 0 aliphatic carbocycles. The molecule has 2 aromatic carbocycles. The fourth-order valence-electron chi connectivity index (χ4n) is 5.53. The topological polar surface area (TPSA) is 156 Å². The molecule has 2 heterocycles. The van der Waals surface area contributed by atoms with E-state index in [4.69, 9.17) is 10.5 Å². The number of anilines is 1. The van der Waals surface area contributed by atoms with Crippen molar-refractivity contribution in [1.29, 1.82) is 0 Å². The number of ether oxygens (including phenoxy) is 1. The molecule has 216 valence electrons. The quantitative estimate of drug-likeness (QED) is 0.322. The van der Waals surface area contributed by atoms with E-state index in [9.17, 15) is 23.1 Å². The number of nitrogens with one attached hydrogen (secondary N) is 2. The SMILES string of the molecule is COc1c(C(N)=O)cc(C(C)(C)C)c(-c2c(C(=O)O)n(C)c3c(CN4CCNCC4)cccc23)c1NS(C)(=O)=O. The molecule has 1 fully saturated rings. The van der Waals surface area contributed by atoms with Crippen molar-refractivity contribution in [3.8, 4) is 16.9 Å². The maximum atomic E-state index is 12.9. The van der Waals surface area contributed by atoms with Crippen molar-refractivity contribution in [3.05, 3.63) is 46.6 Å². The minimum atomic E-state index is -3.90. The lowest BCUT2D eigenvalue weighted by Gasteiger charge is -2.28. The summed E-state index contributed by atoms with van der Waals surface area (Å²) in [7, 11) is -0.892. The Kier molecular flexibility index (Phi) is 7.90. The Morgan fingerprint density at radius 1 is 1.18 bits per heavy atom. The number of piperazine rings is 1. The smallest absolute Gasteiger partial charge is 0.353 e. The summed E-state index contributed by atoms with van der Waals surface area (Å²) in [6.45, 7) is 9.79. The van der Waals surface area contributed by atoms with Crippen molar-refractivity contribution in [3.63, 3.8) is 0 Å². The Morgan fingerprint density at radius 3 is 2.35 bits per heavy atom. The molecule has 5 N–H and O–H groups in total. The van der Waals surface area contributed by atoms with Gasteiger partial charge in [-0.15, -0.1) is 0 Å². The number of benzene rings is 2. The fourth-order valence-corrected chi connectivity index (χ4v) is 6.10. The van der Waals surface area contributed by atoms with E-state index < -0.39 is 27.3 Å². The van der Waals surface area contributed by atoms with Gasteiger partial charge in [0.2, 0.25) is 10.0 Å². The monoisotopic (exact) mass is 571 g/mol. The normalized spacial score (nSPS) is 14.8. The predicted octanol–water partition coefficient (Wildman–Crippen LogP) is 2.73. The van der Waals surface area contributed by atoms with Crippen LogP contribution in [0.5, 0.6) is 5.75 Å². The van der Waals surface area contributed by atoms with Crippen LogP contribution in [0.2, 0.25) is 0 Å². The minimum absolute atomic E-state index is 0.0150. The molecule has 0 saturated carbocycles. The van der Waals surface area contributed by atoms with Gasteiger partial charge in [-0.2, -0.15) is 0 Å². The van der Waals surface area contributed by atoms with E-state index in [0.717, 1.165) is 43.5 Å². The summed E-state index contributed by atoms with van der Waals surface area (Å²) in [6, 6.07) is 7.27. The molecule has 11 nitrogen and oxygen atoms in total. The molecule has 0 bridgehead atoms. The third kappa shape index (κ3) is 5.51. The summed E-state index contributed by atoms with van der Waals surface area (Å²) >= 11 is 0. The number of hydrogen-bond donors (Lipinski definition) is 4. The molecule has 1 aromatic heterocycles. The van der Waals surface area contributed by atoms with Gasteiger partial charge >= 0.3 is 5.97 Å². The maximum absolute atomic E-state index is 12.9. The number of rotatable bonds is 8. The van der Waals surface area contributed by atoms with Crippen LogP contribution < -0.4 is 20.5 Å². The summed E-state index contributed by atoms with van der Waals surface area (Å²) in [5.74, 6) is -2.06. The number of hydrogen-bond acceptors (Lipinski definition) is 7. The van der Waals surface area contributed by atoms with Crippen molar-refractivity contribution in [2.45, 2.75) is 32.7 Å². The molecule has 0 unspecified atom stereocenters. The van der Waals surface area contributed by atoms with Gasteiger partial charge in [0.25, 0.3) is 5.91 Å². The van der Waals surface area contributed by atoms with Crippen LogP contribution in [0.15, 0.2) is 24.3 Å². The van der Waals surface area contributed by atoms with Gasteiger partial charge in [0.15, 0.2) is 5.75 Å².